The highest BCUT2D eigenvalue weighted by Gasteiger charge is 2.11. The van der Waals surface area contributed by atoms with E-state index in [1.54, 1.807) is 0 Å². The van der Waals surface area contributed by atoms with Crippen molar-refractivity contribution < 1.29 is 9.72 Å². The van der Waals surface area contributed by atoms with Crippen LogP contribution in [0.5, 0.6) is 0 Å². The molecule has 0 saturated carbocycles. The first-order valence-corrected chi connectivity index (χ1v) is 6.48. The van der Waals surface area contributed by atoms with Crippen molar-refractivity contribution in [2.24, 2.45) is 0 Å². The maximum absolute atomic E-state index is 11.9. The second-order valence-electron chi connectivity index (χ2n) is 3.76. The van der Waals surface area contributed by atoms with Crippen molar-refractivity contribution in [1.29, 1.82) is 0 Å². The third-order valence-electron chi connectivity index (χ3n) is 2.47. The number of hydrogen-bond donors (Lipinski definition) is 1. The van der Waals surface area contributed by atoms with E-state index in [1.165, 1.54) is 35.6 Å². The van der Waals surface area contributed by atoms with E-state index in [0.29, 0.717) is 10.7 Å². The summed E-state index contributed by atoms with van der Waals surface area (Å²) in [5.74, 6) is -0.327. The van der Waals surface area contributed by atoms with Gasteiger partial charge in [0.2, 0.25) is 0 Å². The summed E-state index contributed by atoms with van der Waals surface area (Å²) in [6.45, 7) is 1.98. The summed E-state index contributed by atoms with van der Waals surface area (Å²) in [5.41, 5.74) is 1.24. The second-order valence-corrected chi connectivity index (χ2v) is 4.61. The van der Waals surface area contributed by atoms with Crippen LogP contribution in [-0.2, 0) is 6.42 Å². The van der Waals surface area contributed by atoms with Crippen molar-refractivity contribution in [3.63, 3.8) is 0 Å². The number of carbonyl (C=O) groups is 1. The number of non-ortho nitro benzene ring substituents is 1. The summed E-state index contributed by atoms with van der Waals surface area (Å²) in [6.07, 6.45) is 0.809. The van der Waals surface area contributed by atoms with Crippen LogP contribution in [0.2, 0.25) is 0 Å². The maximum Gasteiger partial charge on any atom is 0.269 e. The number of carbonyl (C=O) groups excluding carboxylic acids is 1. The number of anilines is 1. The van der Waals surface area contributed by atoms with Crippen LogP contribution in [0.25, 0.3) is 0 Å². The molecular weight excluding hydrogens is 266 g/mol. The lowest BCUT2D eigenvalue weighted by Gasteiger charge is -2.01. The van der Waals surface area contributed by atoms with E-state index in [9.17, 15) is 14.9 Å². The average Bonchev–Trinajstić information content (AvgIpc) is 2.86. The molecule has 2 aromatic rings. The molecule has 0 spiro atoms. The number of nitro benzene ring substituents is 1. The standard InChI is InChI=1S/C12H11N3O3S/c1-2-9-7-19-12(13-9)14-11(16)8-3-5-10(6-4-8)15(17)18/h3-7H,2H2,1H3,(H,13,14,16). The van der Waals surface area contributed by atoms with Crippen molar-refractivity contribution in [2.45, 2.75) is 13.3 Å². The van der Waals surface area contributed by atoms with E-state index in [4.69, 9.17) is 0 Å². The van der Waals surface area contributed by atoms with E-state index in [-0.39, 0.29) is 11.6 Å². The molecule has 1 heterocycles. The van der Waals surface area contributed by atoms with Gasteiger partial charge in [0, 0.05) is 23.1 Å². The Morgan fingerprint density at radius 3 is 2.63 bits per heavy atom. The van der Waals surface area contributed by atoms with Gasteiger partial charge in [-0.05, 0) is 18.6 Å². The molecule has 0 fully saturated rings. The molecule has 1 amide bonds. The highest BCUT2D eigenvalue weighted by atomic mass is 32.1. The predicted molar refractivity (Wildman–Crippen MR) is 72.5 cm³/mol. The molecule has 0 unspecified atom stereocenters. The normalized spacial score (nSPS) is 10.2. The minimum absolute atomic E-state index is 0.0425. The number of aryl methyl sites for hydroxylation is 1. The fraction of sp³-hybridized carbons (Fsp3) is 0.167. The number of nitrogens with zero attached hydrogens (tertiary/aromatic N) is 2. The van der Waals surface area contributed by atoms with Gasteiger partial charge in [0.25, 0.3) is 11.6 Å². The van der Waals surface area contributed by atoms with Gasteiger partial charge in [-0.3, -0.25) is 20.2 Å². The molecule has 98 valence electrons. The number of rotatable bonds is 4. The van der Waals surface area contributed by atoms with Crippen LogP contribution in [0.3, 0.4) is 0 Å². The summed E-state index contributed by atoms with van der Waals surface area (Å²) in [5, 5.41) is 15.6. The van der Waals surface area contributed by atoms with E-state index < -0.39 is 4.92 Å². The average molecular weight is 277 g/mol. The Kier molecular flexibility index (Phi) is 3.86. The number of thiazole rings is 1. The van der Waals surface area contributed by atoms with Gasteiger partial charge < -0.3 is 0 Å². The summed E-state index contributed by atoms with van der Waals surface area (Å²) < 4.78 is 0. The SMILES string of the molecule is CCc1csc(NC(=O)c2ccc([N+](=O)[O-])cc2)n1. The smallest absolute Gasteiger partial charge is 0.269 e. The second kappa shape index (κ2) is 5.57. The quantitative estimate of drug-likeness (QED) is 0.687. The highest BCUT2D eigenvalue weighted by molar-refractivity contribution is 7.13. The fourth-order valence-electron chi connectivity index (χ4n) is 1.43. The molecular formula is C12H11N3O3S. The Bertz CT molecular complexity index is 607. The third kappa shape index (κ3) is 3.14. The molecule has 0 aliphatic rings. The molecule has 0 saturated heterocycles. The van der Waals surface area contributed by atoms with Crippen molar-refractivity contribution in [1.82, 2.24) is 4.98 Å². The first-order chi connectivity index (χ1) is 9.10. The Labute approximate surface area is 113 Å². The molecule has 19 heavy (non-hydrogen) atoms. The lowest BCUT2D eigenvalue weighted by Crippen LogP contribution is -2.11. The van der Waals surface area contributed by atoms with Crippen LogP contribution in [0.4, 0.5) is 10.8 Å². The van der Waals surface area contributed by atoms with Crippen LogP contribution in [0.1, 0.15) is 23.0 Å². The van der Waals surface area contributed by atoms with Crippen molar-refractivity contribution in [3.05, 3.63) is 51.0 Å². The number of aromatic nitrogens is 1. The zero-order chi connectivity index (χ0) is 13.8. The van der Waals surface area contributed by atoms with Gasteiger partial charge in [-0.1, -0.05) is 6.92 Å². The van der Waals surface area contributed by atoms with Crippen LogP contribution >= 0.6 is 11.3 Å². The van der Waals surface area contributed by atoms with Gasteiger partial charge in [-0.15, -0.1) is 11.3 Å². The molecule has 2 rings (SSSR count). The summed E-state index contributed by atoms with van der Waals surface area (Å²) in [4.78, 5) is 26.1. The number of benzene rings is 1. The van der Waals surface area contributed by atoms with Crippen LogP contribution in [0, 0.1) is 10.1 Å². The molecule has 0 radical (unpaired) electrons. The summed E-state index contributed by atoms with van der Waals surface area (Å²) in [7, 11) is 0. The van der Waals surface area contributed by atoms with Gasteiger partial charge in [0.1, 0.15) is 0 Å². The summed E-state index contributed by atoms with van der Waals surface area (Å²) in [6, 6.07) is 5.44. The lowest BCUT2D eigenvalue weighted by atomic mass is 10.2. The molecule has 0 aliphatic heterocycles. The van der Waals surface area contributed by atoms with Crippen molar-refractivity contribution in [2.75, 3.05) is 5.32 Å². The number of nitro groups is 1. The van der Waals surface area contributed by atoms with Crippen LogP contribution < -0.4 is 5.32 Å². The predicted octanol–water partition coefficient (Wildman–Crippen LogP) is 2.87. The third-order valence-corrected chi connectivity index (χ3v) is 3.28. The maximum atomic E-state index is 11.9. The number of amides is 1. The van der Waals surface area contributed by atoms with Crippen molar-refractivity contribution in [3.8, 4) is 0 Å². The molecule has 1 aromatic heterocycles. The molecule has 0 bridgehead atoms. The Morgan fingerprint density at radius 2 is 2.11 bits per heavy atom. The molecule has 1 N–H and O–H groups in total. The minimum Gasteiger partial charge on any atom is -0.298 e. The molecule has 0 atom stereocenters. The summed E-state index contributed by atoms with van der Waals surface area (Å²) >= 11 is 1.35. The van der Waals surface area contributed by atoms with E-state index in [2.05, 4.69) is 10.3 Å². The Hall–Kier alpha value is -2.28. The van der Waals surface area contributed by atoms with E-state index in [0.717, 1.165) is 12.1 Å². The largest absolute Gasteiger partial charge is 0.298 e. The first-order valence-electron chi connectivity index (χ1n) is 5.60. The number of nitrogens with one attached hydrogen (secondary N) is 1. The van der Waals surface area contributed by atoms with Gasteiger partial charge >= 0.3 is 0 Å². The molecule has 0 aliphatic carbocycles. The fourth-order valence-corrected chi connectivity index (χ4v) is 2.22. The monoisotopic (exact) mass is 277 g/mol. The molecule has 1 aromatic carbocycles. The molecule has 6 nitrogen and oxygen atoms in total. The van der Waals surface area contributed by atoms with E-state index in [1.807, 2.05) is 12.3 Å². The topological polar surface area (TPSA) is 85.1 Å². The van der Waals surface area contributed by atoms with E-state index >= 15 is 0 Å². The van der Waals surface area contributed by atoms with Crippen molar-refractivity contribution >= 4 is 28.1 Å². The first kappa shape index (κ1) is 13.2. The van der Waals surface area contributed by atoms with Crippen LogP contribution in [-0.4, -0.2) is 15.8 Å². The van der Waals surface area contributed by atoms with Crippen LogP contribution in [0.15, 0.2) is 29.6 Å². The minimum atomic E-state index is -0.504. The Balaban J connectivity index is 2.09. The Morgan fingerprint density at radius 1 is 1.42 bits per heavy atom. The van der Waals surface area contributed by atoms with Gasteiger partial charge in [0.15, 0.2) is 5.13 Å². The zero-order valence-corrected chi connectivity index (χ0v) is 10.9. The number of hydrogen-bond acceptors (Lipinski definition) is 5. The highest BCUT2D eigenvalue weighted by Crippen LogP contribution is 2.18. The van der Waals surface area contributed by atoms with Gasteiger partial charge in [0.05, 0.1) is 10.6 Å². The van der Waals surface area contributed by atoms with Gasteiger partial charge in [-0.2, -0.15) is 0 Å². The zero-order valence-electron chi connectivity index (χ0n) is 10.1. The lowest BCUT2D eigenvalue weighted by molar-refractivity contribution is -0.384. The van der Waals surface area contributed by atoms with Gasteiger partial charge in [-0.25, -0.2) is 4.98 Å². The molecule has 7 heteroatoms.